The number of unbranched alkanes of at least 4 members (excludes halogenated alkanes) is 15. The molecule has 3 nitrogen and oxygen atoms in total. The predicted octanol–water partition coefficient (Wildman–Crippen LogP) is 8.74. The molecule has 0 saturated heterocycles. The molecule has 0 amide bonds. The summed E-state index contributed by atoms with van der Waals surface area (Å²) in [6.07, 6.45) is 29.3. The monoisotopic (exact) mass is 440 g/mol. The molecular formula is C28H56O3. The van der Waals surface area contributed by atoms with Gasteiger partial charge < -0.3 is 14.6 Å². The summed E-state index contributed by atoms with van der Waals surface area (Å²) in [5.41, 5.74) is 0. The largest absolute Gasteiger partial charge is 0.396 e. The minimum absolute atomic E-state index is 0.00713. The molecule has 0 fully saturated rings. The van der Waals surface area contributed by atoms with Crippen molar-refractivity contribution in [3.05, 3.63) is 12.2 Å². The normalized spacial score (nSPS) is 11.9. The van der Waals surface area contributed by atoms with E-state index in [0.717, 1.165) is 32.5 Å². The van der Waals surface area contributed by atoms with Crippen molar-refractivity contribution in [2.24, 2.45) is 0 Å². The first-order chi connectivity index (χ1) is 15.3. The van der Waals surface area contributed by atoms with Crippen LogP contribution in [0.25, 0.3) is 0 Å². The van der Waals surface area contributed by atoms with Gasteiger partial charge in [0.05, 0.1) is 0 Å². The van der Waals surface area contributed by atoms with Crippen LogP contribution >= 0.6 is 0 Å². The van der Waals surface area contributed by atoms with Crippen LogP contribution in [0, 0.1) is 0 Å². The Bertz CT molecular complexity index is 325. The fraction of sp³-hybridized carbons (Fsp3) is 0.929. The maximum atomic E-state index is 8.76. The number of hydrogen-bond acceptors (Lipinski definition) is 3. The summed E-state index contributed by atoms with van der Waals surface area (Å²) < 4.78 is 12.2. The summed E-state index contributed by atoms with van der Waals surface area (Å²) in [5.74, 6) is 0. The quantitative estimate of drug-likeness (QED) is 0.0830. The van der Waals surface area contributed by atoms with Gasteiger partial charge in [-0.1, -0.05) is 109 Å². The Balaban J connectivity index is 3.84. The van der Waals surface area contributed by atoms with E-state index in [1.165, 1.54) is 109 Å². The third-order valence-corrected chi connectivity index (χ3v) is 5.88. The highest BCUT2D eigenvalue weighted by Gasteiger charge is 2.09. The summed E-state index contributed by atoms with van der Waals surface area (Å²) in [6, 6.07) is 0. The maximum Gasteiger partial charge on any atom is 0.157 e. The first-order valence-corrected chi connectivity index (χ1v) is 13.8. The van der Waals surface area contributed by atoms with Gasteiger partial charge in [-0.15, -0.1) is 0 Å². The van der Waals surface area contributed by atoms with E-state index in [9.17, 15) is 0 Å². The van der Waals surface area contributed by atoms with Crippen LogP contribution in [0.1, 0.15) is 142 Å². The van der Waals surface area contributed by atoms with E-state index in [-0.39, 0.29) is 12.9 Å². The van der Waals surface area contributed by atoms with Gasteiger partial charge in [-0.3, -0.25) is 0 Å². The predicted molar refractivity (Wildman–Crippen MR) is 136 cm³/mol. The molecule has 0 aromatic rings. The third-order valence-electron chi connectivity index (χ3n) is 5.88. The van der Waals surface area contributed by atoms with E-state index >= 15 is 0 Å². The lowest BCUT2D eigenvalue weighted by molar-refractivity contribution is -0.148. The molecule has 0 rings (SSSR count). The van der Waals surface area contributed by atoms with Crippen LogP contribution in [0.3, 0.4) is 0 Å². The van der Waals surface area contributed by atoms with Crippen LogP contribution < -0.4 is 0 Å². The average molecular weight is 441 g/mol. The van der Waals surface area contributed by atoms with Gasteiger partial charge in [0.25, 0.3) is 0 Å². The molecule has 0 aromatic heterocycles. The van der Waals surface area contributed by atoms with Crippen molar-refractivity contribution in [1.82, 2.24) is 0 Å². The Labute approximate surface area is 195 Å². The maximum absolute atomic E-state index is 8.76. The van der Waals surface area contributed by atoms with Crippen LogP contribution in [-0.4, -0.2) is 31.2 Å². The Morgan fingerprint density at radius 3 is 1.55 bits per heavy atom. The summed E-state index contributed by atoms with van der Waals surface area (Å²) in [7, 11) is 0. The zero-order valence-electron chi connectivity index (χ0n) is 21.3. The summed E-state index contributed by atoms with van der Waals surface area (Å²) in [5, 5.41) is 8.76. The van der Waals surface area contributed by atoms with Gasteiger partial charge in [0.2, 0.25) is 0 Å². The first-order valence-electron chi connectivity index (χ1n) is 13.8. The molecule has 0 aliphatic heterocycles. The number of hydrogen-bond donors (Lipinski definition) is 1. The zero-order chi connectivity index (χ0) is 22.7. The molecular weight excluding hydrogens is 384 g/mol. The standard InChI is InChI=1S/C28H56O3/c1-3-5-7-9-18-22-26-30-28(31-27-23-19-10-8-6-4-2)24-20-16-14-12-11-13-15-17-21-25-29/h15,17,28-29H,3-14,16,18-27H2,1-2H3/b17-15+. The van der Waals surface area contributed by atoms with Crippen molar-refractivity contribution >= 4 is 0 Å². The van der Waals surface area contributed by atoms with E-state index in [1.54, 1.807) is 0 Å². The van der Waals surface area contributed by atoms with Crippen molar-refractivity contribution in [1.29, 1.82) is 0 Å². The second-order valence-corrected chi connectivity index (χ2v) is 9.04. The molecule has 0 spiro atoms. The lowest BCUT2D eigenvalue weighted by atomic mass is 10.1. The molecule has 0 unspecified atom stereocenters. The van der Waals surface area contributed by atoms with Crippen molar-refractivity contribution < 1.29 is 14.6 Å². The van der Waals surface area contributed by atoms with Crippen LogP contribution in [-0.2, 0) is 9.47 Å². The lowest BCUT2D eigenvalue weighted by Crippen LogP contribution is -2.19. The summed E-state index contributed by atoms with van der Waals surface area (Å²) >= 11 is 0. The molecule has 0 bridgehead atoms. The van der Waals surface area contributed by atoms with Crippen molar-refractivity contribution in [2.75, 3.05) is 19.8 Å². The molecule has 31 heavy (non-hydrogen) atoms. The van der Waals surface area contributed by atoms with Gasteiger partial charge in [0.1, 0.15) is 0 Å². The van der Waals surface area contributed by atoms with Gasteiger partial charge in [-0.25, -0.2) is 0 Å². The fourth-order valence-electron chi connectivity index (χ4n) is 3.82. The Kier molecular flexibility index (Phi) is 27.3. The van der Waals surface area contributed by atoms with Crippen LogP contribution in [0.5, 0.6) is 0 Å². The van der Waals surface area contributed by atoms with Crippen molar-refractivity contribution in [2.45, 2.75) is 149 Å². The average Bonchev–Trinajstić information content (AvgIpc) is 2.78. The minimum atomic E-state index is 0.00713. The second-order valence-electron chi connectivity index (χ2n) is 9.04. The first kappa shape index (κ1) is 30.6. The lowest BCUT2D eigenvalue weighted by Gasteiger charge is -2.19. The zero-order valence-corrected chi connectivity index (χ0v) is 21.3. The highest BCUT2D eigenvalue weighted by molar-refractivity contribution is 4.80. The van der Waals surface area contributed by atoms with Crippen LogP contribution in [0.15, 0.2) is 12.2 Å². The van der Waals surface area contributed by atoms with Crippen LogP contribution in [0.2, 0.25) is 0 Å². The summed E-state index contributed by atoms with van der Waals surface area (Å²) in [6.45, 7) is 6.51. The fourth-order valence-corrected chi connectivity index (χ4v) is 3.82. The Hall–Kier alpha value is -0.380. The van der Waals surface area contributed by atoms with E-state index < -0.39 is 0 Å². The van der Waals surface area contributed by atoms with E-state index in [0.29, 0.717) is 0 Å². The number of rotatable bonds is 26. The van der Waals surface area contributed by atoms with Crippen molar-refractivity contribution in [3.63, 3.8) is 0 Å². The number of ether oxygens (including phenoxy) is 2. The van der Waals surface area contributed by atoms with Crippen LogP contribution in [0.4, 0.5) is 0 Å². The van der Waals surface area contributed by atoms with E-state index in [4.69, 9.17) is 14.6 Å². The molecule has 0 heterocycles. The van der Waals surface area contributed by atoms with Gasteiger partial charge in [-0.2, -0.15) is 0 Å². The van der Waals surface area contributed by atoms with Gasteiger partial charge >= 0.3 is 0 Å². The highest BCUT2D eigenvalue weighted by atomic mass is 16.7. The molecule has 0 saturated carbocycles. The molecule has 186 valence electrons. The van der Waals surface area contributed by atoms with Gasteiger partial charge in [0.15, 0.2) is 6.29 Å². The minimum Gasteiger partial charge on any atom is -0.396 e. The molecule has 3 heteroatoms. The van der Waals surface area contributed by atoms with Crippen molar-refractivity contribution in [3.8, 4) is 0 Å². The number of allylic oxidation sites excluding steroid dienone is 1. The third kappa shape index (κ3) is 25.8. The summed E-state index contributed by atoms with van der Waals surface area (Å²) in [4.78, 5) is 0. The van der Waals surface area contributed by atoms with Gasteiger partial charge in [-0.05, 0) is 44.9 Å². The van der Waals surface area contributed by atoms with E-state index in [1.807, 2.05) is 0 Å². The molecule has 0 atom stereocenters. The molecule has 0 radical (unpaired) electrons. The topological polar surface area (TPSA) is 38.7 Å². The molecule has 0 aliphatic carbocycles. The Morgan fingerprint density at radius 2 is 1.00 bits per heavy atom. The SMILES string of the molecule is CCCCCCCCOC(CCCCCCC/C=C/CCO)OCCCCCCCC. The molecule has 0 aliphatic rings. The second kappa shape index (κ2) is 27.7. The number of aliphatic hydroxyl groups is 1. The molecule has 1 N–H and O–H groups in total. The van der Waals surface area contributed by atoms with E-state index in [2.05, 4.69) is 26.0 Å². The highest BCUT2D eigenvalue weighted by Crippen LogP contribution is 2.14. The Morgan fingerprint density at radius 1 is 0.548 bits per heavy atom. The number of aliphatic hydroxyl groups excluding tert-OH is 1. The van der Waals surface area contributed by atoms with Gasteiger partial charge in [0, 0.05) is 19.8 Å². The smallest absolute Gasteiger partial charge is 0.157 e. The molecule has 0 aromatic carbocycles.